The third-order valence-electron chi connectivity index (χ3n) is 5.81. The van der Waals surface area contributed by atoms with Crippen LogP contribution in [0.3, 0.4) is 0 Å². The normalized spacial score (nSPS) is 14.6. The maximum atomic E-state index is 13.1. The number of thiazole rings is 1. The lowest BCUT2D eigenvalue weighted by atomic mass is 9.96. The number of likely N-dealkylation sites (tertiary alicyclic amines) is 1. The van der Waals surface area contributed by atoms with Crippen LogP contribution < -0.4 is 0 Å². The second kappa shape index (κ2) is 8.43. The van der Waals surface area contributed by atoms with Gasteiger partial charge in [-0.3, -0.25) is 14.9 Å². The third kappa shape index (κ3) is 3.71. The number of amides is 1. The van der Waals surface area contributed by atoms with Gasteiger partial charge in [-0.15, -0.1) is 11.3 Å². The molecule has 0 bridgehead atoms. The van der Waals surface area contributed by atoms with E-state index in [1.807, 2.05) is 34.5 Å². The highest BCUT2D eigenvalue weighted by Crippen LogP contribution is 2.36. The molecule has 2 aromatic heterocycles. The number of carbonyl (C=O) groups excluding carboxylic acids is 1. The first-order chi connectivity index (χ1) is 15.6. The van der Waals surface area contributed by atoms with Crippen LogP contribution in [-0.2, 0) is 0 Å². The van der Waals surface area contributed by atoms with Crippen LogP contribution in [0, 0.1) is 10.1 Å². The molecule has 3 heterocycles. The van der Waals surface area contributed by atoms with Gasteiger partial charge in [-0.2, -0.15) is 10.2 Å². The van der Waals surface area contributed by atoms with E-state index in [0.717, 1.165) is 23.2 Å². The number of nitro groups is 1. The first-order valence-corrected chi connectivity index (χ1v) is 11.2. The van der Waals surface area contributed by atoms with Gasteiger partial charge in [0.05, 0.1) is 38.5 Å². The van der Waals surface area contributed by atoms with Gasteiger partial charge >= 0.3 is 0 Å². The molecule has 160 valence electrons. The van der Waals surface area contributed by atoms with Crippen molar-refractivity contribution in [1.82, 2.24) is 20.1 Å². The number of carbonyl (C=O) groups is 1. The Balaban J connectivity index is 1.31. The van der Waals surface area contributed by atoms with Gasteiger partial charge in [0.2, 0.25) is 0 Å². The average Bonchev–Trinajstić information content (AvgIpc) is 3.33. The Morgan fingerprint density at radius 2 is 1.84 bits per heavy atom. The molecule has 0 aliphatic carbocycles. The summed E-state index contributed by atoms with van der Waals surface area (Å²) in [7, 11) is 0. The predicted molar refractivity (Wildman–Crippen MR) is 122 cm³/mol. The van der Waals surface area contributed by atoms with Crippen LogP contribution in [0.15, 0.2) is 60.1 Å². The molecule has 1 aliphatic rings. The van der Waals surface area contributed by atoms with E-state index in [1.165, 1.54) is 23.6 Å². The third-order valence-corrected chi connectivity index (χ3v) is 6.81. The number of benzene rings is 2. The second-order valence-corrected chi connectivity index (χ2v) is 8.58. The number of rotatable bonds is 4. The number of para-hydroxylation sites is 1. The molecule has 32 heavy (non-hydrogen) atoms. The molecule has 0 unspecified atom stereocenters. The number of hydrogen-bond donors (Lipinski definition) is 0. The fraction of sp³-hybridized carbons (Fsp3) is 0.217. The van der Waals surface area contributed by atoms with E-state index in [0.29, 0.717) is 35.4 Å². The van der Waals surface area contributed by atoms with Crippen molar-refractivity contribution < 1.29 is 9.72 Å². The molecule has 0 radical (unpaired) electrons. The van der Waals surface area contributed by atoms with Gasteiger partial charge in [0.25, 0.3) is 11.6 Å². The number of aromatic nitrogens is 3. The van der Waals surface area contributed by atoms with Crippen molar-refractivity contribution in [2.24, 2.45) is 0 Å². The highest BCUT2D eigenvalue weighted by Gasteiger charge is 2.28. The van der Waals surface area contributed by atoms with Gasteiger partial charge in [0.1, 0.15) is 0 Å². The van der Waals surface area contributed by atoms with E-state index in [1.54, 1.807) is 18.2 Å². The molecular weight excluding hydrogens is 426 g/mol. The topological polar surface area (TPSA) is 102 Å². The van der Waals surface area contributed by atoms with Crippen LogP contribution in [0.5, 0.6) is 0 Å². The highest BCUT2D eigenvalue weighted by atomic mass is 32.1. The fourth-order valence-corrected chi connectivity index (χ4v) is 5.12. The van der Waals surface area contributed by atoms with Crippen LogP contribution >= 0.6 is 11.3 Å². The molecule has 2 aromatic carbocycles. The molecule has 1 saturated heterocycles. The summed E-state index contributed by atoms with van der Waals surface area (Å²) in [6.07, 6.45) is 3.13. The summed E-state index contributed by atoms with van der Waals surface area (Å²) in [6, 6.07) is 14.2. The first-order valence-electron chi connectivity index (χ1n) is 10.3. The SMILES string of the molecule is O=C(c1cnnc2ccccc12)N1CCC(c2nc(-c3ccccc3[N+](=O)[O-])cs2)CC1. The van der Waals surface area contributed by atoms with Crippen molar-refractivity contribution in [1.29, 1.82) is 0 Å². The highest BCUT2D eigenvalue weighted by molar-refractivity contribution is 7.10. The van der Waals surface area contributed by atoms with Crippen molar-refractivity contribution in [2.75, 3.05) is 13.1 Å². The number of fused-ring (bicyclic) bond motifs is 1. The van der Waals surface area contributed by atoms with Crippen LogP contribution in [-0.4, -0.2) is 44.0 Å². The zero-order valence-electron chi connectivity index (χ0n) is 17.0. The van der Waals surface area contributed by atoms with Gasteiger partial charge in [-0.1, -0.05) is 30.3 Å². The summed E-state index contributed by atoms with van der Waals surface area (Å²) in [4.78, 5) is 30.7. The molecule has 0 N–H and O–H groups in total. The van der Waals surface area contributed by atoms with E-state index >= 15 is 0 Å². The summed E-state index contributed by atoms with van der Waals surface area (Å²) in [6.45, 7) is 1.25. The molecule has 1 fully saturated rings. The average molecular weight is 446 g/mol. The largest absolute Gasteiger partial charge is 0.339 e. The smallest absolute Gasteiger partial charge is 0.278 e. The van der Waals surface area contributed by atoms with E-state index in [4.69, 9.17) is 4.98 Å². The van der Waals surface area contributed by atoms with E-state index < -0.39 is 0 Å². The number of nitrogens with zero attached hydrogens (tertiary/aromatic N) is 5. The predicted octanol–water partition coefficient (Wildman–Crippen LogP) is 4.68. The zero-order chi connectivity index (χ0) is 22.1. The van der Waals surface area contributed by atoms with Crippen LogP contribution in [0.2, 0.25) is 0 Å². The lowest BCUT2D eigenvalue weighted by Crippen LogP contribution is -2.38. The monoisotopic (exact) mass is 445 g/mol. The minimum Gasteiger partial charge on any atom is -0.339 e. The summed E-state index contributed by atoms with van der Waals surface area (Å²) >= 11 is 1.52. The number of nitro benzene ring substituents is 1. The molecule has 1 aliphatic heterocycles. The molecule has 9 heteroatoms. The van der Waals surface area contributed by atoms with Crippen molar-refractivity contribution in [3.63, 3.8) is 0 Å². The molecule has 1 amide bonds. The summed E-state index contributed by atoms with van der Waals surface area (Å²) in [5.74, 6) is 0.196. The minimum absolute atomic E-state index is 0.0331. The number of hydrogen-bond acceptors (Lipinski definition) is 7. The Labute approximate surface area is 187 Å². The molecule has 5 rings (SSSR count). The van der Waals surface area contributed by atoms with Gasteiger partial charge in [-0.05, 0) is 25.0 Å². The Bertz CT molecular complexity index is 1310. The van der Waals surface area contributed by atoms with Crippen molar-refractivity contribution in [3.05, 3.63) is 80.8 Å². The van der Waals surface area contributed by atoms with Gasteiger partial charge in [0.15, 0.2) is 0 Å². The van der Waals surface area contributed by atoms with E-state index in [2.05, 4.69) is 10.2 Å². The molecule has 4 aromatic rings. The Morgan fingerprint density at radius 3 is 2.66 bits per heavy atom. The van der Waals surface area contributed by atoms with Gasteiger partial charge in [-0.25, -0.2) is 4.98 Å². The fourth-order valence-electron chi connectivity index (χ4n) is 4.13. The zero-order valence-corrected chi connectivity index (χ0v) is 17.9. The molecule has 0 spiro atoms. The first kappa shape index (κ1) is 20.2. The maximum Gasteiger partial charge on any atom is 0.278 e. The van der Waals surface area contributed by atoms with Crippen molar-refractivity contribution in [2.45, 2.75) is 18.8 Å². The summed E-state index contributed by atoms with van der Waals surface area (Å²) in [5, 5.41) is 23.1. The van der Waals surface area contributed by atoms with E-state index in [-0.39, 0.29) is 22.4 Å². The second-order valence-electron chi connectivity index (χ2n) is 7.69. The molecule has 0 atom stereocenters. The number of piperidine rings is 1. The summed E-state index contributed by atoms with van der Waals surface area (Å²) in [5.41, 5.74) is 2.50. The van der Waals surface area contributed by atoms with Crippen LogP contribution in [0.25, 0.3) is 22.2 Å². The minimum atomic E-state index is -0.379. The quantitative estimate of drug-likeness (QED) is 0.334. The maximum absolute atomic E-state index is 13.1. The van der Waals surface area contributed by atoms with Crippen molar-refractivity contribution in [3.8, 4) is 11.3 Å². The van der Waals surface area contributed by atoms with Crippen LogP contribution in [0.4, 0.5) is 5.69 Å². The van der Waals surface area contributed by atoms with Crippen LogP contribution in [0.1, 0.15) is 34.1 Å². The lowest BCUT2D eigenvalue weighted by molar-refractivity contribution is -0.384. The molecular formula is C23H19N5O3S. The Kier molecular flexibility index (Phi) is 5.32. The molecule has 8 nitrogen and oxygen atoms in total. The molecule has 0 saturated carbocycles. The Hall–Kier alpha value is -3.72. The van der Waals surface area contributed by atoms with Gasteiger partial charge < -0.3 is 4.90 Å². The van der Waals surface area contributed by atoms with Crippen molar-refractivity contribution >= 4 is 33.8 Å². The lowest BCUT2D eigenvalue weighted by Gasteiger charge is -2.31. The standard InChI is InChI=1S/C23H19N5O3S/c29-23(18-13-24-26-19-7-3-1-5-16(18)19)27-11-9-15(10-12-27)22-25-20(14-32-22)17-6-2-4-8-21(17)28(30)31/h1-8,13-15H,9-12H2. The van der Waals surface area contributed by atoms with Gasteiger partial charge in [0, 0.05) is 35.8 Å². The summed E-state index contributed by atoms with van der Waals surface area (Å²) < 4.78 is 0. The Morgan fingerprint density at radius 1 is 1.09 bits per heavy atom. The van der Waals surface area contributed by atoms with E-state index in [9.17, 15) is 14.9 Å².